The number of hydrogen-bond donors (Lipinski definition) is 1. The third kappa shape index (κ3) is 3.90. The van der Waals surface area contributed by atoms with E-state index in [0.717, 1.165) is 18.6 Å². The Morgan fingerprint density at radius 3 is 2.61 bits per heavy atom. The number of halogens is 5. The highest BCUT2D eigenvalue weighted by molar-refractivity contribution is 7.98. The van der Waals surface area contributed by atoms with Crippen LogP contribution in [0.1, 0.15) is 40.1 Å². The molecule has 5 rings (SSSR count). The van der Waals surface area contributed by atoms with Crippen molar-refractivity contribution in [3.63, 3.8) is 0 Å². The molecule has 188 valence electrons. The maximum Gasteiger partial charge on any atom is 0.408 e. The molecule has 2 aliphatic rings. The van der Waals surface area contributed by atoms with Crippen LogP contribution in [-0.4, -0.2) is 39.5 Å². The number of nitrogens with zero attached hydrogens (tertiary/aromatic N) is 3. The van der Waals surface area contributed by atoms with Gasteiger partial charge in [-0.2, -0.15) is 13.2 Å². The lowest BCUT2D eigenvalue weighted by Gasteiger charge is -2.46. The molecule has 3 aromatic rings. The van der Waals surface area contributed by atoms with Gasteiger partial charge in [0.25, 0.3) is 5.91 Å². The van der Waals surface area contributed by atoms with Crippen LogP contribution in [0.4, 0.5) is 17.6 Å². The van der Waals surface area contributed by atoms with Crippen molar-refractivity contribution in [3.05, 3.63) is 92.1 Å². The van der Waals surface area contributed by atoms with Crippen LogP contribution < -0.4 is 10.4 Å². The molecular weight excluding hydrogens is 522 g/mol. The molecule has 0 aliphatic carbocycles. The van der Waals surface area contributed by atoms with Gasteiger partial charge in [0.05, 0.1) is 11.1 Å². The normalized spacial score (nSPS) is 18.3. The van der Waals surface area contributed by atoms with Crippen molar-refractivity contribution >= 4 is 29.3 Å². The van der Waals surface area contributed by atoms with Gasteiger partial charge in [0, 0.05) is 22.9 Å². The van der Waals surface area contributed by atoms with Crippen LogP contribution in [0.5, 0.6) is 5.75 Å². The number of alkyl halides is 3. The van der Waals surface area contributed by atoms with Gasteiger partial charge in [-0.05, 0) is 41.8 Å². The molecule has 0 fully saturated rings. The standard InChI is InChI=1S/C24H18ClF4N3O3S/c1-12(24(27,28)29)30-11-32(31-8-7-18(33)21(34)20(31)23(30)35)19-15-3-2-4-17(25)22(15)36-10-13-5-6-14(26)9-16(13)19/h2-9,12,19,34H,10-11H2,1H3/t12-,19+/m1/s1. The molecule has 1 amide bonds. The summed E-state index contributed by atoms with van der Waals surface area (Å²) in [7, 11) is 0. The Hall–Kier alpha value is -3.18. The van der Waals surface area contributed by atoms with Gasteiger partial charge in [-0.15, -0.1) is 11.8 Å². The van der Waals surface area contributed by atoms with Crippen molar-refractivity contribution in [3.8, 4) is 5.75 Å². The van der Waals surface area contributed by atoms with Gasteiger partial charge in [-0.3, -0.25) is 19.3 Å². The van der Waals surface area contributed by atoms with E-state index in [0.29, 0.717) is 31.7 Å². The molecule has 0 unspecified atom stereocenters. The molecule has 0 radical (unpaired) electrons. The summed E-state index contributed by atoms with van der Waals surface area (Å²) in [5.41, 5.74) is 0.236. The molecule has 1 N–H and O–H groups in total. The van der Waals surface area contributed by atoms with Crippen LogP contribution in [0, 0.1) is 5.82 Å². The average Bonchev–Trinajstić information content (AvgIpc) is 2.98. The largest absolute Gasteiger partial charge is 0.502 e. The number of thioether (sulfide) groups is 1. The third-order valence-corrected chi connectivity index (χ3v) is 8.02. The minimum Gasteiger partial charge on any atom is -0.502 e. The van der Waals surface area contributed by atoms with Crippen molar-refractivity contribution < 1.29 is 27.5 Å². The van der Waals surface area contributed by atoms with Gasteiger partial charge < -0.3 is 10.0 Å². The first-order chi connectivity index (χ1) is 17.0. The van der Waals surface area contributed by atoms with E-state index in [1.807, 2.05) is 0 Å². The molecule has 2 aliphatic heterocycles. The van der Waals surface area contributed by atoms with E-state index in [1.54, 1.807) is 24.3 Å². The molecule has 1 aromatic heterocycles. The van der Waals surface area contributed by atoms with Crippen molar-refractivity contribution in [2.24, 2.45) is 0 Å². The van der Waals surface area contributed by atoms with E-state index in [4.69, 9.17) is 11.6 Å². The van der Waals surface area contributed by atoms with E-state index in [-0.39, 0.29) is 0 Å². The van der Waals surface area contributed by atoms with E-state index >= 15 is 0 Å². The van der Waals surface area contributed by atoms with E-state index < -0.39 is 53.5 Å². The molecule has 6 nitrogen and oxygen atoms in total. The quantitative estimate of drug-likeness (QED) is 0.462. The van der Waals surface area contributed by atoms with Gasteiger partial charge in [-0.1, -0.05) is 29.8 Å². The number of aromatic hydroxyl groups is 1. The fraction of sp³-hybridized carbons (Fsp3) is 0.250. The lowest BCUT2D eigenvalue weighted by molar-refractivity contribution is -0.173. The SMILES string of the molecule is C[C@@H](N1CN([C@@H]2c3cc(F)ccc3CSc3c(Cl)cccc32)n2ccc(=O)c(O)c2C1=O)C(F)(F)F. The number of rotatable bonds is 2. The van der Waals surface area contributed by atoms with Crippen LogP contribution in [0.25, 0.3) is 0 Å². The van der Waals surface area contributed by atoms with Gasteiger partial charge >= 0.3 is 6.18 Å². The first-order valence-corrected chi connectivity index (χ1v) is 12.1. The monoisotopic (exact) mass is 539 g/mol. The maximum atomic E-state index is 14.5. The predicted octanol–water partition coefficient (Wildman–Crippen LogP) is 5.04. The zero-order valence-electron chi connectivity index (χ0n) is 18.6. The topological polar surface area (TPSA) is 65.8 Å². The average molecular weight is 540 g/mol. The Labute approximate surface area is 211 Å². The van der Waals surface area contributed by atoms with Crippen molar-refractivity contribution in [2.75, 3.05) is 11.7 Å². The van der Waals surface area contributed by atoms with Crippen LogP contribution in [-0.2, 0) is 5.75 Å². The number of fused-ring (bicyclic) bond motifs is 3. The Bertz CT molecular complexity index is 1440. The Kier molecular flexibility index (Phi) is 5.95. The van der Waals surface area contributed by atoms with Crippen molar-refractivity contribution in [1.82, 2.24) is 9.58 Å². The molecule has 3 heterocycles. The van der Waals surface area contributed by atoms with Gasteiger partial charge in [0.1, 0.15) is 18.5 Å². The fourth-order valence-corrected chi connectivity index (χ4v) is 5.98. The van der Waals surface area contributed by atoms with Crippen molar-refractivity contribution in [1.29, 1.82) is 0 Å². The van der Waals surface area contributed by atoms with Crippen LogP contribution in [0.2, 0.25) is 5.02 Å². The molecule has 0 bridgehead atoms. The highest BCUT2D eigenvalue weighted by atomic mass is 35.5. The molecule has 2 aromatic carbocycles. The molecular formula is C24H18ClF4N3O3S. The van der Waals surface area contributed by atoms with Crippen LogP contribution in [0.3, 0.4) is 0 Å². The fourth-order valence-electron chi connectivity index (χ4n) is 4.52. The predicted molar refractivity (Wildman–Crippen MR) is 126 cm³/mol. The summed E-state index contributed by atoms with van der Waals surface area (Å²) in [5.74, 6) is -2.26. The molecule has 0 saturated carbocycles. The number of carbonyl (C=O) groups excluding carboxylic acids is 1. The number of carbonyl (C=O) groups is 1. The first kappa shape index (κ1) is 24.5. The van der Waals surface area contributed by atoms with Crippen LogP contribution >= 0.6 is 23.4 Å². The summed E-state index contributed by atoms with van der Waals surface area (Å²) in [6.07, 6.45) is -3.56. The summed E-state index contributed by atoms with van der Waals surface area (Å²) in [6, 6.07) is 7.14. The Balaban J connectivity index is 1.80. The summed E-state index contributed by atoms with van der Waals surface area (Å²) >= 11 is 7.89. The third-order valence-electron chi connectivity index (χ3n) is 6.40. The second-order valence-corrected chi connectivity index (χ2v) is 9.88. The number of pyridine rings is 1. The van der Waals surface area contributed by atoms with Gasteiger partial charge in [0.15, 0.2) is 11.4 Å². The zero-order chi connectivity index (χ0) is 25.9. The Morgan fingerprint density at radius 1 is 1.14 bits per heavy atom. The molecule has 0 saturated heterocycles. The Morgan fingerprint density at radius 2 is 1.89 bits per heavy atom. The molecule has 36 heavy (non-hydrogen) atoms. The van der Waals surface area contributed by atoms with E-state index in [1.165, 1.54) is 39.8 Å². The maximum absolute atomic E-state index is 14.5. The lowest BCUT2D eigenvalue weighted by atomic mass is 9.94. The molecule has 2 atom stereocenters. The second kappa shape index (κ2) is 8.74. The lowest BCUT2D eigenvalue weighted by Crippen LogP contribution is -2.60. The second-order valence-electron chi connectivity index (χ2n) is 8.49. The first-order valence-electron chi connectivity index (χ1n) is 10.8. The summed E-state index contributed by atoms with van der Waals surface area (Å²) < 4.78 is 57.0. The minimum absolute atomic E-state index is 0.410. The smallest absolute Gasteiger partial charge is 0.408 e. The number of benzene rings is 2. The summed E-state index contributed by atoms with van der Waals surface area (Å²) in [6.45, 7) is 0.261. The van der Waals surface area contributed by atoms with E-state index in [9.17, 15) is 32.3 Å². The van der Waals surface area contributed by atoms with E-state index in [2.05, 4.69) is 0 Å². The number of aromatic nitrogens is 1. The summed E-state index contributed by atoms with van der Waals surface area (Å²) in [5, 5.41) is 12.3. The minimum atomic E-state index is -4.78. The highest BCUT2D eigenvalue weighted by Crippen LogP contribution is 2.46. The zero-order valence-corrected chi connectivity index (χ0v) is 20.2. The molecule has 0 spiro atoms. The van der Waals surface area contributed by atoms with Crippen LogP contribution in [0.15, 0.2) is 58.4 Å². The highest BCUT2D eigenvalue weighted by Gasteiger charge is 2.47. The van der Waals surface area contributed by atoms with Gasteiger partial charge in [0.2, 0.25) is 5.43 Å². The number of hydrogen-bond acceptors (Lipinski definition) is 5. The summed E-state index contributed by atoms with van der Waals surface area (Å²) in [4.78, 5) is 26.5. The number of amides is 1. The molecule has 12 heteroatoms. The van der Waals surface area contributed by atoms with Gasteiger partial charge in [-0.25, -0.2) is 4.39 Å². The van der Waals surface area contributed by atoms with Crippen molar-refractivity contribution in [2.45, 2.75) is 35.8 Å².